The van der Waals surface area contributed by atoms with Crippen LogP contribution < -0.4 is 4.90 Å². The van der Waals surface area contributed by atoms with Gasteiger partial charge >= 0.3 is 5.97 Å². The SMILES string of the molecule is O=C(O)Cc1ccc(N2CCCCC2)c(S(=O)(=O)Cl)c1. The Morgan fingerprint density at radius 3 is 2.45 bits per heavy atom. The number of anilines is 1. The predicted molar refractivity (Wildman–Crippen MR) is 76.9 cm³/mol. The highest BCUT2D eigenvalue weighted by atomic mass is 35.7. The summed E-state index contributed by atoms with van der Waals surface area (Å²) in [7, 11) is 1.59. The van der Waals surface area contributed by atoms with Crippen LogP contribution in [0.4, 0.5) is 5.69 Å². The number of hydrogen-bond acceptors (Lipinski definition) is 4. The number of carbonyl (C=O) groups is 1. The summed E-state index contributed by atoms with van der Waals surface area (Å²) in [4.78, 5) is 12.7. The minimum atomic E-state index is -3.90. The van der Waals surface area contributed by atoms with Crippen LogP contribution in [0.2, 0.25) is 0 Å². The van der Waals surface area contributed by atoms with Gasteiger partial charge in [0.25, 0.3) is 9.05 Å². The third-order valence-electron chi connectivity index (χ3n) is 3.34. The van der Waals surface area contributed by atoms with E-state index in [2.05, 4.69) is 0 Å². The Morgan fingerprint density at radius 2 is 1.90 bits per heavy atom. The van der Waals surface area contributed by atoms with Gasteiger partial charge in [-0.15, -0.1) is 0 Å². The standard InChI is InChI=1S/C13H16ClNO4S/c14-20(18,19)12-8-10(9-13(16)17)4-5-11(12)15-6-2-1-3-7-15/h4-5,8H,1-3,6-7,9H2,(H,16,17). The molecule has 1 aromatic carbocycles. The van der Waals surface area contributed by atoms with Gasteiger partial charge in [0.1, 0.15) is 4.90 Å². The van der Waals surface area contributed by atoms with Gasteiger partial charge in [0.15, 0.2) is 0 Å². The van der Waals surface area contributed by atoms with Gasteiger partial charge in [0, 0.05) is 23.8 Å². The molecule has 0 amide bonds. The average molecular weight is 318 g/mol. The number of nitrogens with zero attached hydrogens (tertiary/aromatic N) is 1. The van der Waals surface area contributed by atoms with Crippen molar-refractivity contribution in [3.63, 3.8) is 0 Å². The fourth-order valence-electron chi connectivity index (χ4n) is 2.43. The molecule has 1 fully saturated rings. The maximum Gasteiger partial charge on any atom is 0.307 e. The number of hydrogen-bond donors (Lipinski definition) is 1. The lowest BCUT2D eigenvalue weighted by molar-refractivity contribution is -0.136. The first kappa shape index (κ1) is 15.1. The Morgan fingerprint density at radius 1 is 1.25 bits per heavy atom. The molecule has 0 atom stereocenters. The molecule has 0 aliphatic carbocycles. The van der Waals surface area contributed by atoms with Gasteiger partial charge in [0.2, 0.25) is 0 Å². The van der Waals surface area contributed by atoms with Crippen LogP contribution in [0.15, 0.2) is 23.1 Å². The highest BCUT2D eigenvalue weighted by Crippen LogP contribution is 2.31. The summed E-state index contributed by atoms with van der Waals surface area (Å²) in [5.74, 6) is -1.01. The first-order valence-electron chi connectivity index (χ1n) is 6.42. The average Bonchev–Trinajstić information content (AvgIpc) is 2.38. The zero-order valence-corrected chi connectivity index (χ0v) is 12.5. The third-order valence-corrected chi connectivity index (χ3v) is 4.69. The lowest BCUT2D eigenvalue weighted by Gasteiger charge is -2.30. The van der Waals surface area contributed by atoms with Crippen molar-refractivity contribution in [1.29, 1.82) is 0 Å². The molecule has 1 aliphatic rings. The number of rotatable bonds is 4. The molecule has 0 spiro atoms. The van der Waals surface area contributed by atoms with Crippen molar-refractivity contribution in [2.45, 2.75) is 30.6 Å². The summed E-state index contributed by atoms with van der Waals surface area (Å²) < 4.78 is 23.5. The van der Waals surface area contributed by atoms with E-state index in [0.29, 0.717) is 11.3 Å². The van der Waals surface area contributed by atoms with Crippen LogP contribution in [0.3, 0.4) is 0 Å². The second-order valence-electron chi connectivity index (χ2n) is 4.86. The first-order chi connectivity index (χ1) is 9.38. The summed E-state index contributed by atoms with van der Waals surface area (Å²) in [6.45, 7) is 1.58. The van der Waals surface area contributed by atoms with E-state index in [9.17, 15) is 13.2 Å². The Labute approximate surface area is 122 Å². The van der Waals surface area contributed by atoms with Gasteiger partial charge < -0.3 is 10.0 Å². The van der Waals surface area contributed by atoms with Crippen molar-refractivity contribution in [3.05, 3.63) is 23.8 Å². The quantitative estimate of drug-likeness (QED) is 0.862. The number of piperidine rings is 1. The second kappa shape index (κ2) is 6.01. The van der Waals surface area contributed by atoms with Crippen molar-refractivity contribution >= 4 is 31.4 Å². The second-order valence-corrected chi connectivity index (χ2v) is 7.39. The van der Waals surface area contributed by atoms with Crippen LogP contribution >= 0.6 is 10.7 Å². The molecule has 1 aliphatic heterocycles. The molecular weight excluding hydrogens is 302 g/mol. The molecule has 0 saturated carbocycles. The predicted octanol–water partition coefficient (Wildman–Crippen LogP) is 2.23. The van der Waals surface area contributed by atoms with E-state index in [1.807, 2.05) is 4.90 Å². The van der Waals surface area contributed by atoms with Crippen LogP contribution in [0.1, 0.15) is 24.8 Å². The molecule has 0 aromatic heterocycles. The first-order valence-corrected chi connectivity index (χ1v) is 8.73. The normalized spacial score (nSPS) is 16.1. The van der Waals surface area contributed by atoms with Gasteiger partial charge in [-0.3, -0.25) is 4.79 Å². The summed E-state index contributed by atoms with van der Waals surface area (Å²) in [5.41, 5.74) is 0.992. The monoisotopic (exact) mass is 317 g/mol. The molecule has 20 heavy (non-hydrogen) atoms. The van der Waals surface area contributed by atoms with Crippen molar-refractivity contribution < 1.29 is 18.3 Å². The minimum absolute atomic E-state index is 0.000170. The molecule has 110 valence electrons. The molecule has 0 radical (unpaired) electrons. The smallest absolute Gasteiger partial charge is 0.307 e. The van der Waals surface area contributed by atoms with Crippen molar-refractivity contribution in [1.82, 2.24) is 0 Å². The molecule has 7 heteroatoms. The highest BCUT2D eigenvalue weighted by Gasteiger charge is 2.22. The number of carboxylic acids is 1. The van der Waals surface area contributed by atoms with E-state index >= 15 is 0 Å². The summed E-state index contributed by atoms with van der Waals surface area (Å²) >= 11 is 0. The summed E-state index contributed by atoms with van der Waals surface area (Å²) in [5, 5.41) is 8.79. The maximum atomic E-state index is 11.7. The zero-order valence-electron chi connectivity index (χ0n) is 10.9. The van der Waals surface area contributed by atoms with Crippen LogP contribution in [0.5, 0.6) is 0 Å². The van der Waals surface area contributed by atoms with E-state index in [1.54, 1.807) is 12.1 Å². The fraction of sp³-hybridized carbons (Fsp3) is 0.462. The molecule has 5 nitrogen and oxygen atoms in total. The molecule has 2 rings (SSSR count). The largest absolute Gasteiger partial charge is 0.481 e. The maximum absolute atomic E-state index is 11.7. The van der Waals surface area contributed by atoms with Crippen molar-refractivity contribution in [2.75, 3.05) is 18.0 Å². The topological polar surface area (TPSA) is 74.7 Å². The van der Waals surface area contributed by atoms with Crippen molar-refractivity contribution in [2.24, 2.45) is 0 Å². The van der Waals surface area contributed by atoms with Crippen LogP contribution in [0, 0.1) is 0 Å². The number of aliphatic carboxylic acids is 1. The fourth-order valence-corrected chi connectivity index (χ4v) is 3.54. The van der Waals surface area contributed by atoms with E-state index in [1.165, 1.54) is 6.07 Å². The van der Waals surface area contributed by atoms with Gasteiger partial charge in [-0.25, -0.2) is 8.42 Å². The molecule has 1 N–H and O–H groups in total. The van der Waals surface area contributed by atoms with E-state index < -0.39 is 15.0 Å². The number of benzene rings is 1. The van der Waals surface area contributed by atoms with Gasteiger partial charge in [-0.05, 0) is 37.0 Å². The molecule has 0 unspecified atom stereocenters. The van der Waals surface area contributed by atoms with E-state index in [4.69, 9.17) is 15.8 Å². The lowest BCUT2D eigenvalue weighted by atomic mass is 10.1. The molecular formula is C13H16ClNO4S. The van der Waals surface area contributed by atoms with Crippen LogP contribution in [0.25, 0.3) is 0 Å². The Kier molecular flexibility index (Phi) is 4.55. The molecule has 1 heterocycles. The Balaban J connectivity index is 2.42. The Hall–Kier alpha value is -1.27. The lowest BCUT2D eigenvalue weighted by Crippen LogP contribution is -2.30. The summed E-state index contributed by atoms with van der Waals surface area (Å²) in [6.07, 6.45) is 2.94. The van der Waals surface area contributed by atoms with Gasteiger partial charge in [-0.1, -0.05) is 6.07 Å². The van der Waals surface area contributed by atoms with Gasteiger partial charge in [-0.2, -0.15) is 0 Å². The molecule has 0 bridgehead atoms. The van der Waals surface area contributed by atoms with E-state index in [-0.39, 0.29) is 11.3 Å². The van der Waals surface area contributed by atoms with Crippen LogP contribution in [-0.2, 0) is 20.3 Å². The van der Waals surface area contributed by atoms with Gasteiger partial charge in [0.05, 0.1) is 12.1 Å². The highest BCUT2D eigenvalue weighted by molar-refractivity contribution is 8.13. The number of halogens is 1. The number of carboxylic acid groups (broad SMARTS) is 1. The Bertz CT molecular complexity index is 609. The minimum Gasteiger partial charge on any atom is -0.481 e. The molecule has 1 saturated heterocycles. The molecule has 1 aromatic rings. The zero-order chi connectivity index (χ0) is 14.8. The van der Waals surface area contributed by atoms with Crippen LogP contribution in [-0.4, -0.2) is 32.6 Å². The third kappa shape index (κ3) is 3.64. The van der Waals surface area contributed by atoms with Crippen molar-refractivity contribution in [3.8, 4) is 0 Å². The summed E-state index contributed by atoms with van der Waals surface area (Å²) in [6, 6.07) is 4.66. The van der Waals surface area contributed by atoms with E-state index in [0.717, 1.165) is 32.4 Å².